The van der Waals surface area contributed by atoms with Gasteiger partial charge < -0.3 is 29.5 Å². The predicted octanol–water partition coefficient (Wildman–Crippen LogP) is 5.63. The molecule has 8 nitrogen and oxygen atoms in total. The smallest absolute Gasteiger partial charge is 0.339 e. The number of fused-ring (bicyclic) bond motifs is 1. The van der Waals surface area contributed by atoms with E-state index in [1.165, 1.54) is 19.6 Å². The summed E-state index contributed by atoms with van der Waals surface area (Å²) in [6, 6.07) is 14.7. The molecule has 2 N–H and O–H groups in total. The van der Waals surface area contributed by atoms with Gasteiger partial charge in [0.2, 0.25) is 12.7 Å². The monoisotopic (exact) mass is 594 g/mol. The van der Waals surface area contributed by atoms with Crippen LogP contribution in [0.5, 0.6) is 17.2 Å². The van der Waals surface area contributed by atoms with Crippen LogP contribution in [0.2, 0.25) is 0 Å². The van der Waals surface area contributed by atoms with Gasteiger partial charge in [0.05, 0.1) is 19.6 Å². The van der Waals surface area contributed by atoms with Crippen LogP contribution in [0.4, 0.5) is 5.69 Å². The number of carbonyl (C=O) groups excluding carboxylic acids is 1. The Hall–Kier alpha value is -3.72. The number of rotatable bonds is 8. The first-order chi connectivity index (χ1) is 18.9. The highest BCUT2D eigenvalue weighted by Crippen LogP contribution is 2.40. The van der Waals surface area contributed by atoms with Crippen molar-refractivity contribution in [1.29, 1.82) is 0 Å². The Morgan fingerprint density at radius 2 is 1.85 bits per heavy atom. The standard InChI is InChI=1S/C30H31BrN2O6/c1-18-7-6-8-23(33-11-4-3-5-12-33)28(18)29(19-9-10-24-26(13-19)39-17-38-24)32-27(34)15-20-14-25(37-2)21(30(35)36)16-22(20)31/h6-10,13-14,16,29H,3-5,11-12,15,17H2,1-2H3,(H,32,34)(H,35,36). The third-order valence-electron chi connectivity index (χ3n) is 7.27. The van der Waals surface area contributed by atoms with Crippen molar-refractivity contribution >= 4 is 33.5 Å². The molecule has 3 aromatic rings. The highest BCUT2D eigenvalue weighted by Gasteiger charge is 2.27. The Balaban J connectivity index is 1.52. The van der Waals surface area contributed by atoms with Crippen LogP contribution in [0.25, 0.3) is 0 Å². The van der Waals surface area contributed by atoms with E-state index >= 15 is 0 Å². The molecule has 9 heteroatoms. The molecule has 1 saturated heterocycles. The summed E-state index contributed by atoms with van der Waals surface area (Å²) >= 11 is 3.44. The number of hydrogen-bond donors (Lipinski definition) is 2. The number of anilines is 1. The Labute approximate surface area is 236 Å². The van der Waals surface area contributed by atoms with Crippen LogP contribution >= 0.6 is 15.9 Å². The van der Waals surface area contributed by atoms with E-state index in [2.05, 4.69) is 51.3 Å². The first-order valence-electron chi connectivity index (χ1n) is 13.0. The number of carboxylic acid groups (broad SMARTS) is 1. The Kier molecular flexibility index (Phi) is 7.97. The first kappa shape index (κ1) is 26.9. The molecule has 39 heavy (non-hydrogen) atoms. The molecule has 204 valence electrons. The quantitative estimate of drug-likeness (QED) is 0.349. The van der Waals surface area contributed by atoms with E-state index in [4.69, 9.17) is 14.2 Å². The molecule has 0 aromatic heterocycles. The summed E-state index contributed by atoms with van der Waals surface area (Å²) < 4.78 is 17.0. The average Bonchev–Trinajstić information content (AvgIpc) is 3.41. The van der Waals surface area contributed by atoms with E-state index < -0.39 is 12.0 Å². The summed E-state index contributed by atoms with van der Waals surface area (Å²) in [6.45, 7) is 4.18. The highest BCUT2D eigenvalue weighted by atomic mass is 79.9. The van der Waals surface area contributed by atoms with Crippen molar-refractivity contribution in [2.24, 2.45) is 0 Å². The summed E-state index contributed by atoms with van der Waals surface area (Å²) in [5, 5.41) is 12.8. The zero-order valence-electron chi connectivity index (χ0n) is 22.0. The van der Waals surface area contributed by atoms with Gasteiger partial charge in [-0.05, 0) is 73.2 Å². The summed E-state index contributed by atoms with van der Waals surface area (Å²) in [4.78, 5) is 27.6. The van der Waals surface area contributed by atoms with E-state index in [0.717, 1.165) is 48.3 Å². The van der Waals surface area contributed by atoms with Gasteiger partial charge in [-0.3, -0.25) is 4.79 Å². The number of hydrogen-bond acceptors (Lipinski definition) is 6. The molecule has 2 aliphatic rings. The lowest BCUT2D eigenvalue weighted by atomic mass is 9.91. The lowest BCUT2D eigenvalue weighted by molar-refractivity contribution is -0.120. The van der Waals surface area contributed by atoms with Crippen LogP contribution in [-0.2, 0) is 11.2 Å². The second-order valence-electron chi connectivity index (χ2n) is 9.79. The second-order valence-corrected chi connectivity index (χ2v) is 10.6. The van der Waals surface area contributed by atoms with E-state index in [0.29, 0.717) is 21.5 Å². The third kappa shape index (κ3) is 5.68. The molecule has 3 aromatic carbocycles. The molecule has 1 amide bonds. The van der Waals surface area contributed by atoms with Crippen molar-refractivity contribution in [3.8, 4) is 17.2 Å². The molecule has 0 saturated carbocycles. The van der Waals surface area contributed by atoms with Crippen molar-refractivity contribution in [3.05, 3.63) is 80.8 Å². The van der Waals surface area contributed by atoms with Gasteiger partial charge in [-0.15, -0.1) is 0 Å². The van der Waals surface area contributed by atoms with Gasteiger partial charge in [-0.2, -0.15) is 0 Å². The molecule has 2 aliphatic heterocycles. The molecule has 1 unspecified atom stereocenters. The number of nitrogens with one attached hydrogen (secondary N) is 1. The number of carbonyl (C=O) groups is 2. The van der Waals surface area contributed by atoms with Crippen LogP contribution in [-0.4, -0.2) is 44.0 Å². The van der Waals surface area contributed by atoms with Gasteiger partial charge in [0.15, 0.2) is 11.5 Å². The number of aryl methyl sites for hydroxylation is 1. The molecule has 0 radical (unpaired) electrons. The van der Waals surface area contributed by atoms with E-state index in [1.54, 1.807) is 6.07 Å². The third-order valence-corrected chi connectivity index (χ3v) is 8.01. The molecule has 5 rings (SSSR count). The minimum atomic E-state index is -1.10. The largest absolute Gasteiger partial charge is 0.496 e. The van der Waals surface area contributed by atoms with Crippen LogP contribution < -0.4 is 24.4 Å². The number of ether oxygens (including phenoxy) is 3. The van der Waals surface area contributed by atoms with Gasteiger partial charge in [0, 0.05) is 28.8 Å². The zero-order chi connectivity index (χ0) is 27.5. The molecular formula is C30H31BrN2O6. The molecule has 2 heterocycles. The Morgan fingerprint density at radius 1 is 1.08 bits per heavy atom. The van der Waals surface area contributed by atoms with Gasteiger partial charge >= 0.3 is 5.97 Å². The number of methoxy groups -OCH3 is 1. The van der Waals surface area contributed by atoms with Crippen LogP contribution in [0.3, 0.4) is 0 Å². The maximum absolute atomic E-state index is 13.6. The van der Waals surface area contributed by atoms with Crippen LogP contribution in [0.1, 0.15) is 57.9 Å². The number of halogens is 1. The van der Waals surface area contributed by atoms with Gasteiger partial charge in [-0.25, -0.2) is 4.79 Å². The molecule has 0 aliphatic carbocycles. The summed E-state index contributed by atoms with van der Waals surface area (Å²) in [5.41, 5.74) is 4.78. The van der Waals surface area contributed by atoms with Crippen LogP contribution in [0, 0.1) is 6.92 Å². The number of benzene rings is 3. The van der Waals surface area contributed by atoms with Crippen molar-refractivity contribution in [3.63, 3.8) is 0 Å². The highest BCUT2D eigenvalue weighted by molar-refractivity contribution is 9.10. The predicted molar refractivity (Wildman–Crippen MR) is 151 cm³/mol. The second kappa shape index (κ2) is 11.6. The van der Waals surface area contributed by atoms with Crippen molar-refractivity contribution in [2.45, 2.75) is 38.6 Å². The molecule has 0 bridgehead atoms. The van der Waals surface area contributed by atoms with Gasteiger partial charge in [-0.1, -0.05) is 34.1 Å². The summed E-state index contributed by atoms with van der Waals surface area (Å²) in [5.74, 6) is 0.218. The number of carboxylic acids is 1. The minimum Gasteiger partial charge on any atom is -0.496 e. The van der Waals surface area contributed by atoms with Crippen molar-refractivity contribution in [2.75, 3.05) is 31.9 Å². The van der Waals surface area contributed by atoms with Crippen LogP contribution in [0.15, 0.2) is 53.0 Å². The van der Waals surface area contributed by atoms with E-state index in [9.17, 15) is 14.7 Å². The molecule has 1 fully saturated rings. The number of piperidine rings is 1. The number of nitrogens with zero attached hydrogens (tertiary/aromatic N) is 1. The van der Waals surface area contributed by atoms with Crippen molar-refractivity contribution < 1.29 is 28.9 Å². The Bertz CT molecular complexity index is 1400. The summed E-state index contributed by atoms with van der Waals surface area (Å²) in [6.07, 6.45) is 3.52. The van der Waals surface area contributed by atoms with E-state index in [-0.39, 0.29) is 30.4 Å². The Morgan fingerprint density at radius 3 is 2.59 bits per heavy atom. The SMILES string of the molecule is COc1cc(CC(=O)NC(c2ccc3c(c2)OCO3)c2c(C)cccc2N2CCCCC2)c(Br)cc1C(=O)O. The first-order valence-corrected chi connectivity index (χ1v) is 13.8. The molecule has 0 spiro atoms. The minimum absolute atomic E-state index is 0.0258. The van der Waals surface area contributed by atoms with Gasteiger partial charge in [0.25, 0.3) is 0 Å². The van der Waals surface area contributed by atoms with Crippen molar-refractivity contribution in [1.82, 2.24) is 5.32 Å². The fourth-order valence-corrected chi connectivity index (χ4v) is 5.80. The average molecular weight is 595 g/mol. The lowest BCUT2D eigenvalue weighted by Gasteiger charge is -2.34. The molecule has 1 atom stereocenters. The normalized spacial score (nSPS) is 15.1. The maximum atomic E-state index is 13.6. The summed E-state index contributed by atoms with van der Waals surface area (Å²) in [7, 11) is 1.41. The maximum Gasteiger partial charge on any atom is 0.339 e. The van der Waals surface area contributed by atoms with E-state index in [1.807, 2.05) is 18.2 Å². The fourth-order valence-electron chi connectivity index (χ4n) is 5.32. The topological polar surface area (TPSA) is 97.3 Å². The lowest BCUT2D eigenvalue weighted by Crippen LogP contribution is -2.35. The number of aromatic carboxylic acids is 1. The zero-order valence-corrected chi connectivity index (χ0v) is 23.5. The molecular weight excluding hydrogens is 564 g/mol. The number of amides is 1. The van der Waals surface area contributed by atoms with Gasteiger partial charge in [0.1, 0.15) is 11.3 Å². The fraction of sp³-hybridized carbons (Fsp3) is 0.333.